The Hall–Kier alpha value is -1.95. The second-order valence-corrected chi connectivity index (χ2v) is 5.45. The molecule has 2 aromatic rings. The first-order valence-electron chi connectivity index (χ1n) is 6.53. The third kappa shape index (κ3) is 2.27. The van der Waals surface area contributed by atoms with E-state index in [2.05, 4.69) is 14.7 Å². The summed E-state index contributed by atoms with van der Waals surface area (Å²) in [5, 5.41) is 3.74. The molecule has 0 aliphatic carbocycles. The number of nitrogens with zero attached hydrogens (tertiary/aromatic N) is 2. The molecule has 1 aliphatic rings. The van der Waals surface area contributed by atoms with Crippen LogP contribution in [-0.2, 0) is 4.79 Å². The summed E-state index contributed by atoms with van der Waals surface area (Å²) < 4.78 is 9.68. The van der Waals surface area contributed by atoms with Crippen molar-refractivity contribution in [3.05, 3.63) is 35.2 Å². The van der Waals surface area contributed by atoms with Crippen molar-refractivity contribution in [2.75, 3.05) is 11.9 Å². The molecule has 2 aromatic heterocycles. The lowest BCUT2D eigenvalue weighted by molar-refractivity contribution is -0.116. The van der Waals surface area contributed by atoms with Gasteiger partial charge < -0.3 is 10.1 Å². The van der Waals surface area contributed by atoms with Gasteiger partial charge in [-0.1, -0.05) is 6.07 Å². The zero-order valence-electron chi connectivity index (χ0n) is 11.3. The number of ether oxygens (including phenoxy) is 1. The van der Waals surface area contributed by atoms with E-state index in [1.807, 2.05) is 26.0 Å². The third-order valence-corrected chi connectivity index (χ3v) is 4.22. The van der Waals surface area contributed by atoms with Gasteiger partial charge in [-0.05, 0) is 30.9 Å². The largest absolute Gasteiger partial charge is 0.478 e. The molecule has 3 rings (SSSR count). The fraction of sp³-hybridized carbons (Fsp3) is 0.357. The summed E-state index contributed by atoms with van der Waals surface area (Å²) in [7, 11) is 0. The number of hydrogen-bond acceptors (Lipinski definition) is 5. The first kappa shape index (κ1) is 13.1. The highest BCUT2D eigenvalue weighted by molar-refractivity contribution is 7.10. The monoisotopic (exact) mass is 289 g/mol. The summed E-state index contributed by atoms with van der Waals surface area (Å²) in [6.07, 6.45) is 2.22. The minimum atomic E-state index is 0.0278. The zero-order chi connectivity index (χ0) is 14.1. The van der Waals surface area contributed by atoms with Gasteiger partial charge in [0.25, 0.3) is 0 Å². The van der Waals surface area contributed by atoms with Gasteiger partial charge >= 0.3 is 0 Å². The van der Waals surface area contributed by atoms with Crippen molar-refractivity contribution in [2.24, 2.45) is 0 Å². The van der Waals surface area contributed by atoms with E-state index in [9.17, 15) is 4.79 Å². The summed E-state index contributed by atoms with van der Waals surface area (Å²) in [6, 6.07) is 3.82. The quantitative estimate of drug-likeness (QED) is 0.943. The number of aromatic nitrogens is 2. The lowest BCUT2D eigenvalue weighted by atomic mass is 9.87. The van der Waals surface area contributed by atoms with Crippen LogP contribution < -0.4 is 10.1 Å². The van der Waals surface area contributed by atoms with E-state index in [1.165, 1.54) is 11.5 Å². The van der Waals surface area contributed by atoms with Crippen LogP contribution in [0.15, 0.2) is 18.3 Å². The van der Waals surface area contributed by atoms with Gasteiger partial charge in [0.1, 0.15) is 5.00 Å². The van der Waals surface area contributed by atoms with Gasteiger partial charge in [0.15, 0.2) is 0 Å². The lowest BCUT2D eigenvalue weighted by Gasteiger charge is -2.23. The van der Waals surface area contributed by atoms with Gasteiger partial charge in [0.05, 0.1) is 12.3 Å². The van der Waals surface area contributed by atoms with Crippen molar-refractivity contribution < 1.29 is 9.53 Å². The SMILES string of the molecule is CCOc1ccc([C@H]2CC(=O)Nc3snc(C)c32)cn1. The molecule has 0 fully saturated rings. The maximum atomic E-state index is 11.8. The van der Waals surface area contributed by atoms with Crippen LogP contribution >= 0.6 is 11.5 Å². The molecule has 20 heavy (non-hydrogen) atoms. The van der Waals surface area contributed by atoms with Gasteiger partial charge in [-0.2, -0.15) is 4.37 Å². The van der Waals surface area contributed by atoms with Crippen LogP contribution in [0.5, 0.6) is 5.88 Å². The van der Waals surface area contributed by atoms with Crippen molar-refractivity contribution in [1.29, 1.82) is 0 Å². The standard InChI is InChI=1S/C14H15N3O2S/c1-3-19-12-5-4-9(7-15-12)10-6-11(18)16-14-13(10)8(2)17-20-14/h4-5,7,10H,3,6H2,1-2H3,(H,16,18)/t10-/m1/s1. The molecule has 1 aliphatic heterocycles. The molecule has 0 saturated heterocycles. The number of fused-ring (bicyclic) bond motifs is 1. The molecule has 0 unspecified atom stereocenters. The fourth-order valence-corrected chi connectivity index (χ4v) is 3.33. The second-order valence-electron chi connectivity index (χ2n) is 4.68. The van der Waals surface area contributed by atoms with Gasteiger partial charge in [0.2, 0.25) is 11.8 Å². The van der Waals surface area contributed by atoms with Crippen molar-refractivity contribution in [3.8, 4) is 5.88 Å². The Morgan fingerprint density at radius 1 is 1.50 bits per heavy atom. The van der Waals surface area contributed by atoms with Crippen LogP contribution in [0.3, 0.4) is 0 Å². The Bertz CT molecular complexity index is 636. The van der Waals surface area contributed by atoms with Crippen LogP contribution in [0.1, 0.15) is 36.1 Å². The number of anilines is 1. The van der Waals surface area contributed by atoms with E-state index in [0.717, 1.165) is 21.8 Å². The summed E-state index contributed by atoms with van der Waals surface area (Å²) >= 11 is 1.34. The predicted molar refractivity (Wildman–Crippen MR) is 77.3 cm³/mol. The Morgan fingerprint density at radius 3 is 3.05 bits per heavy atom. The van der Waals surface area contributed by atoms with E-state index >= 15 is 0 Å². The molecular weight excluding hydrogens is 274 g/mol. The van der Waals surface area contributed by atoms with E-state index in [1.54, 1.807) is 6.20 Å². The van der Waals surface area contributed by atoms with E-state index < -0.39 is 0 Å². The van der Waals surface area contributed by atoms with Crippen molar-refractivity contribution in [2.45, 2.75) is 26.2 Å². The molecule has 0 radical (unpaired) electrons. The van der Waals surface area contributed by atoms with Crippen LogP contribution in [0.4, 0.5) is 5.00 Å². The predicted octanol–water partition coefficient (Wildman–Crippen LogP) is 2.72. The van der Waals surface area contributed by atoms with Crippen LogP contribution in [0.2, 0.25) is 0 Å². The van der Waals surface area contributed by atoms with E-state index in [-0.39, 0.29) is 11.8 Å². The highest BCUT2D eigenvalue weighted by Gasteiger charge is 2.30. The molecule has 1 N–H and O–H groups in total. The van der Waals surface area contributed by atoms with Gasteiger partial charge in [0, 0.05) is 30.2 Å². The zero-order valence-corrected chi connectivity index (χ0v) is 12.2. The lowest BCUT2D eigenvalue weighted by Crippen LogP contribution is -2.22. The number of aryl methyl sites for hydroxylation is 1. The number of amides is 1. The smallest absolute Gasteiger partial charge is 0.225 e. The average Bonchev–Trinajstić information content (AvgIpc) is 2.81. The molecule has 0 spiro atoms. The molecule has 0 aromatic carbocycles. The van der Waals surface area contributed by atoms with E-state index in [0.29, 0.717) is 18.9 Å². The minimum absolute atomic E-state index is 0.0278. The Balaban J connectivity index is 1.97. The number of pyridine rings is 1. The molecule has 1 amide bonds. The molecule has 6 heteroatoms. The second kappa shape index (κ2) is 5.20. The van der Waals surface area contributed by atoms with Gasteiger partial charge in [-0.15, -0.1) is 0 Å². The van der Waals surface area contributed by atoms with Crippen LogP contribution in [0.25, 0.3) is 0 Å². The Morgan fingerprint density at radius 2 is 2.35 bits per heavy atom. The summed E-state index contributed by atoms with van der Waals surface area (Å²) in [5.74, 6) is 0.664. The van der Waals surface area contributed by atoms with E-state index in [4.69, 9.17) is 4.74 Å². The molecule has 0 saturated carbocycles. The van der Waals surface area contributed by atoms with Crippen LogP contribution in [0, 0.1) is 6.92 Å². The van der Waals surface area contributed by atoms with Gasteiger partial charge in [-0.3, -0.25) is 4.79 Å². The molecule has 3 heterocycles. The Labute approximate surface area is 121 Å². The fourth-order valence-electron chi connectivity index (χ4n) is 2.46. The molecular formula is C14H15N3O2S. The average molecular weight is 289 g/mol. The summed E-state index contributed by atoms with van der Waals surface area (Å²) in [6.45, 7) is 4.49. The maximum Gasteiger partial charge on any atom is 0.225 e. The van der Waals surface area contributed by atoms with Crippen molar-refractivity contribution in [3.63, 3.8) is 0 Å². The molecule has 104 valence electrons. The normalized spacial score (nSPS) is 17.5. The number of rotatable bonds is 3. The van der Waals surface area contributed by atoms with Gasteiger partial charge in [-0.25, -0.2) is 4.98 Å². The molecule has 1 atom stereocenters. The maximum absolute atomic E-state index is 11.8. The summed E-state index contributed by atoms with van der Waals surface area (Å²) in [5.41, 5.74) is 3.11. The molecule has 0 bridgehead atoms. The third-order valence-electron chi connectivity index (χ3n) is 3.35. The first-order valence-corrected chi connectivity index (χ1v) is 7.31. The number of hydrogen-bond donors (Lipinski definition) is 1. The number of nitrogens with one attached hydrogen (secondary N) is 1. The Kier molecular flexibility index (Phi) is 3.40. The van der Waals surface area contributed by atoms with Crippen molar-refractivity contribution >= 4 is 22.4 Å². The van der Waals surface area contributed by atoms with Crippen molar-refractivity contribution in [1.82, 2.24) is 9.36 Å². The van der Waals surface area contributed by atoms with Crippen LogP contribution in [-0.4, -0.2) is 21.9 Å². The minimum Gasteiger partial charge on any atom is -0.478 e. The number of carbonyl (C=O) groups excluding carboxylic acids is 1. The highest BCUT2D eigenvalue weighted by Crippen LogP contribution is 2.41. The summed E-state index contributed by atoms with van der Waals surface area (Å²) in [4.78, 5) is 16.1. The first-order chi connectivity index (χ1) is 9.69. The molecule has 5 nitrogen and oxygen atoms in total. The highest BCUT2D eigenvalue weighted by atomic mass is 32.1. The number of carbonyl (C=O) groups is 1. The topological polar surface area (TPSA) is 64.1 Å².